The van der Waals surface area contributed by atoms with Crippen molar-refractivity contribution in [2.24, 2.45) is 0 Å². The number of hydrogen-bond donors (Lipinski definition) is 6. The van der Waals surface area contributed by atoms with Gasteiger partial charge in [0.1, 0.15) is 12.5 Å². The summed E-state index contributed by atoms with van der Waals surface area (Å²) in [7, 11) is 0. The van der Waals surface area contributed by atoms with Gasteiger partial charge in [0, 0.05) is 38.1 Å². The second-order valence-corrected chi connectivity index (χ2v) is 8.41. The van der Waals surface area contributed by atoms with Gasteiger partial charge in [-0.2, -0.15) is 0 Å². The van der Waals surface area contributed by atoms with Gasteiger partial charge < -0.3 is 36.3 Å². The van der Waals surface area contributed by atoms with Crippen LogP contribution in [-0.4, -0.2) is 107 Å². The van der Waals surface area contributed by atoms with Crippen LogP contribution in [0.3, 0.4) is 0 Å². The van der Waals surface area contributed by atoms with Crippen LogP contribution in [-0.2, 0) is 38.4 Å². The largest absolute Gasteiger partial charge is 0.375 e. The van der Waals surface area contributed by atoms with Gasteiger partial charge in [-0.25, -0.2) is 0 Å². The van der Waals surface area contributed by atoms with E-state index in [4.69, 9.17) is 4.84 Å². The molecule has 6 amide bonds. The second-order valence-electron chi connectivity index (χ2n) is 8.41. The lowest BCUT2D eigenvalue weighted by Gasteiger charge is -2.21. The number of aliphatic hydroxyl groups is 2. The molecule has 1 fully saturated rings. The molecule has 6 N–H and O–H groups in total. The third kappa shape index (κ3) is 10.6. The van der Waals surface area contributed by atoms with Crippen molar-refractivity contribution in [1.29, 1.82) is 0 Å². The Hall–Kier alpha value is -3.89. The van der Waals surface area contributed by atoms with E-state index in [2.05, 4.69) is 21.3 Å². The predicted molar refractivity (Wildman–Crippen MR) is 126 cm³/mol. The predicted octanol–water partition coefficient (Wildman–Crippen LogP) is -3.87. The summed E-state index contributed by atoms with van der Waals surface area (Å²) in [5, 5.41) is 29.4. The molecule has 0 aromatic carbocycles. The summed E-state index contributed by atoms with van der Waals surface area (Å²) in [6, 6.07) is 0. The molecular formula is C22H32N6O10. The topological polar surface area (TPSA) is 224 Å². The van der Waals surface area contributed by atoms with Crippen LogP contribution in [0.1, 0.15) is 38.5 Å². The Balaban J connectivity index is 1.46. The van der Waals surface area contributed by atoms with Gasteiger partial charge >= 0.3 is 5.97 Å². The van der Waals surface area contributed by atoms with E-state index < -0.39 is 60.4 Å². The van der Waals surface area contributed by atoms with E-state index in [1.807, 2.05) is 0 Å². The molecule has 2 atom stereocenters. The van der Waals surface area contributed by atoms with Gasteiger partial charge in [0.05, 0.1) is 19.6 Å². The number of carbonyl (C=O) groups is 7. The zero-order valence-electron chi connectivity index (χ0n) is 20.6. The Kier molecular flexibility index (Phi) is 12.3. The molecule has 16 nitrogen and oxygen atoms in total. The normalized spacial score (nSPS) is 18.8. The lowest BCUT2D eigenvalue weighted by Crippen LogP contribution is -2.44. The highest BCUT2D eigenvalue weighted by Crippen LogP contribution is 2.21. The van der Waals surface area contributed by atoms with Gasteiger partial charge in [-0.15, -0.1) is 0 Å². The molecule has 0 aliphatic carbocycles. The number of amides is 6. The van der Waals surface area contributed by atoms with Gasteiger partial charge in [-0.3, -0.25) is 38.5 Å². The average Bonchev–Trinajstić information content (AvgIpc) is 3.37. The molecule has 16 heteroatoms. The van der Waals surface area contributed by atoms with E-state index in [1.165, 1.54) is 0 Å². The first-order valence-corrected chi connectivity index (χ1v) is 12.0. The quantitative estimate of drug-likeness (QED) is 0.0870. The van der Waals surface area contributed by atoms with Gasteiger partial charge in [0.2, 0.25) is 23.6 Å². The molecular weight excluding hydrogens is 508 g/mol. The van der Waals surface area contributed by atoms with Crippen molar-refractivity contribution in [3.05, 3.63) is 12.2 Å². The number of aliphatic hydroxyl groups excluding tert-OH is 2. The molecule has 210 valence electrons. The molecule has 0 spiro atoms. The van der Waals surface area contributed by atoms with E-state index in [1.54, 1.807) is 0 Å². The summed E-state index contributed by atoms with van der Waals surface area (Å²) in [5.74, 6) is -3.81. The third-order valence-corrected chi connectivity index (χ3v) is 5.38. The van der Waals surface area contributed by atoms with E-state index in [-0.39, 0.29) is 64.7 Å². The number of hydrogen-bond acceptors (Lipinski definition) is 11. The standard InChI is InChI=1S/C22H32N6O10/c29-14(3-2-10-27-18(33)5-6-19(27)34)24-12-16(31)26-13-17(32)25-11-15(30)23-9-1-4-22(37)38-28-20(35)7-8-21(28)36/h5-6,20-21,35-36H,1-4,7-13H2,(H,23,30)(H,24,29)(H,25,32)(H,26,31). The summed E-state index contributed by atoms with van der Waals surface area (Å²) < 4.78 is 0. The molecule has 2 rings (SSSR count). The number of rotatable bonds is 15. The van der Waals surface area contributed by atoms with Crippen molar-refractivity contribution < 1.29 is 48.6 Å². The average molecular weight is 541 g/mol. The van der Waals surface area contributed by atoms with Gasteiger partial charge in [0.15, 0.2) is 0 Å². The first-order chi connectivity index (χ1) is 18.1. The fraction of sp³-hybridized carbons (Fsp3) is 0.591. The van der Waals surface area contributed by atoms with Crippen molar-refractivity contribution >= 4 is 41.4 Å². The minimum Gasteiger partial charge on any atom is -0.375 e. The van der Waals surface area contributed by atoms with Crippen LogP contribution in [0.5, 0.6) is 0 Å². The van der Waals surface area contributed by atoms with Crippen LogP contribution in [0.2, 0.25) is 0 Å². The molecule has 0 aromatic rings. The van der Waals surface area contributed by atoms with Crippen molar-refractivity contribution in [1.82, 2.24) is 31.2 Å². The van der Waals surface area contributed by atoms with E-state index >= 15 is 0 Å². The summed E-state index contributed by atoms with van der Waals surface area (Å²) in [5.41, 5.74) is 0. The fourth-order valence-electron chi connectivity index (χ4n) is 3.36. The van der Waals surface area contributed by atoms with Crippen LogP contribution in [0.25, 0.3) is 0 Å². The zero-order valence-corrected chi connectivity index (χ0v) is 20.6. The van der Waals surface area contributed by atoms with E-state index in [0.717, 1.165) is 22.1 Å². The molecule has 0 saturated carbocycles. The maximum Gasteiger partial charge on any atom is 0.325 e. The van der Waals surface area contributed by atoms with Crippen LogP contribution >= 0.6 is 0 Å². The highest BCUT2D eigenvalue weighted by atomic mass is 16.7. The summed E-state index contributed by atoms with van der Waals surface area (Å²) in [4.78, 5) is 87.6. The molecule has 0 aromatic heterocycles. The number of carbonyl (C=O) groups excluding carboxylic acids is 7. The Labute approximate surface area is 217 Å². The number of nitrogens with zero attached hydrogens (tertiary/aromatic N) is 2. The van der Waals surface area contributed by atoms with Crippen molar-refractivity contribution in [2.75, 3.05) is 32.7 Å². The number of hydroxylamine groups is 2. The Morgan fingerprint density at radius 3 is 1.82 bits per heavy atom. The highest BCUT2D eigenvalue weighted by Gasteiger charge is 2.34. The Morgan fingerprint density at radius 1 is 0.763 bits per heavy atom. The maximum absolute atomic E-state index is 11.8. The van der Waals surface area contributed by atoms with Gasteiger partial charge in [0.25, 0.3) is 11.8 Å². The molecule has 38 heavy (non-hydrogen) atoms. The Bertz CT molecular complexity index is 927. The van der Waals surface area contributed by atoms with Gasteiger partial charge in [-0.05, 0) is 25.7 Å². The summed E-state index contributed by atoms with van der Waals surface area (Å²) in [6.45, 7) is -0.964. The molecule has 1 saturated heterocycles. The van der Waals surface area contributed by atoms with Crippen LogP contribution in [0.15, 0.2) is 12.2 Å². The minimum atomic E-state index is -1.06. The van der Waals surface area contributed by atoms with Crippen molar-refractivity contribution in [3.63, 3.8) is 0 Å². The fourth-order valence-corrected chi connectivity index (χ4v) is 3.36. The molecule has 2 unspecified atom stereocenters. The zero-order chi connectivity index (χ0) is 28.1. The maximum atomic E-state index is 11.8. The van der Waals surface area contributed by atoms with E-state index in [0.29, 0.717) is 0 Å². The summed E-state index contributed by atoms with van der Waals surface area (Å²) in [6.07, 6.45) is 1.12. The first-order valence-electron chi connectivity index (χ1n) is 12.0. The van der Waals surface area contributed by atoms with E-state index in [9.17, 15) is 43.8 Å². The molecule has 2 aliphatic heterocycles. The lowest BCUT2D eigenvalue weighted by atomic mass is 10.2. The van der Waals surface area contributed by atoms with Crippen LogP contribution in [0.4, 0.5) is 0 Å². The minimum absolute atomic E-state index is 0.00812. The summed E-state index contributed by atoms with van der Waals surface area (Å²) >= 11 is 0. The number of nitrogens with one attached hydrogen (secondary N) is 4. The smallest absolute Gasteiger partial charge is 0.325 e. The molecule has 0 radical (unpaired) electrons. The second kappa shape index (κ2) is 15.4. The first kappa shape index (κ1) is 30.3. The SMILES string of the molecule is O=C(CCCN1C(=O)C=CC1=O)NCC(=O)NCC(=O)NCC(=O)NCCCC(=O)ON1C(O)CCC1O. The van der Waals surface area contributed by atoms with Crippen LogP contribution < -0.4 is 21.3 Å². The molecule has 2 aliphatic rings. The van der Waals surface area contributed by atoms with Crippen molar-refractivity contribution in [3.8, 4) is 0 Å². The third-order valence-electron chi connectivity index (χ3n) is 5.38. The van der Waals surface area contributed by atoms with Crippen LogP contribution in [0, 0.1) is 0 Å². The van der Waals surface area contributed by atoms with Crippen molar-refractivity contribution in [2.45, 2.75) is 51.0 Å². The monoisotopic (exact) mass is 540 g/mol. The Morgan fingerprint density at radius 2 is 1.26 bits per heavy atom. The molecule has 0 bridgehead atoms. The number of imide groups is 1. The highest BCUT2D eigenvalue weighted by molar-refractivity contribution is 6.12. The lowest BCUT2D eigenvalue weighted by molar-refractivity contribution is -0.261. The van der Waals surface area contributed by atoms with Gasteiger partial charge in [-0.1, -0.05) is 5.06 Å². The molecule has 2 heterocycles.